The maximum atomic E-state index is 13.2. The van der Waals surface area contributed by atoms with Crippen molar-refractivity contribution in [1.29, 1.82) is 0 Å². The van der Waals surface area contributed by atoms with Crippen molar-refractivity contribution >= 4 is 35.6 Å². The number of amides is 6. The van der Waals surface area contributed by atoms with Crippen LogP contribution < -0.4 is 0 Å². The lowest BCUT2D eigenvalue weighted by molar-refractivity contribution is -0.168. The van der Waals surface area contributed by atoms with E-state index >= 15 is 0 Å². The van der Waals surface area contributed by atoms with Gasteiger partial charge in [0.25, 0.3) is 11.8 Å². The molecule has 1 atom stereocenters. The first-order chi connectivity index (χ1) is 19.9. The molecule has 0 radical (unpaired) electrons. The van der Waals surface area contributed by atoms with E-state index in [9.17, 15) is 34.0 Å². The molecule has 1 aromatic rings. The van der Waals surface area contributed by atoms with Crippen LogP contribution in [0, 0.1) is 11.8 Å². The highest BCUT2D eigenvalue weighted by molar-refractivity contribution is 6.21. The zero-order chi connectivity index (χ0) is 31.4. The number of hydroxylamine groups is 2. The predicted molar refractivity (Wildman–Crippen MR) is 153 cm³/mol. The molecule has 42 heavy (non-hydrogen) atoms. The van der Waals surface area contributed by atoms with Crippen LogP contribution >= 0.6 is 0 Å². The van der Waals surface area contributed by atoms with Crippen LogP contribution in [0.5, 0.6) is 0 Å². The molecule has 12 nitrogen and oxygen atoms in total. The number of carbonyl (C=O) groups excluding carboxylic acids is 6. The van der Waals surface area contributed by atoms with Crippen LogP contribution in [0.15, 0.2) is 24.3 Å². The second-order valence-corrected chi connectivity index (χ2v) is 10.9. The molecule has 6 amide bonds. The number of hydrogen-bond acceptors (Lipinski definition) is 8. The quantitative estimate of drug-likeness (QED) is 0.134. The summed E-state index contributed by atoms with van der Waals surface area (Å²) in [7, 11) is 3.01. The summed E-state index contributed by atoms with van der Waals surface area (Å²) < 4.78 is 4.81. The SMILES string of the molecule is CCOC(=O)N(C)C(=O)CCCCN(C)C(=O)[C@@H](CC(=O)N(O)CCCCN1C(=O)c2ccccc2C1=O)CC(C)C. The van der Waals surface area contributed by atoms with Crippen LogP contribution in [0.1, 0.15) is 86.4 Å². The third kappa shape index (κ3) is 9.64. The van der Waals surface area contributed by atoms with Crippen molar-refractivity contribution in [2.45, 2.75) is 65.7 Å². The van der Waals surface area contributed by atoms with E-state index in [4.69, 9.17) is 4.74 Å². The van der Waals surface area contributed by atoms with Crippen LogP contribution in [-0.4, -0.2) is 101 Å². The number of rotatable bonds is 16. The summed E-state index contributed by atoms with van der Waals surface area (Å²) in [6.45, 7) is 6.30. The topological polar surface area (TPSA) is 145 Å². The maximum Gasteiger partial charge on any atom is 0.416 e. The molecular formula is C30H44N4O8. The Morgan fingerprint density at radius 1 is 0.905 bits per heavy atom. The van der Waals surface area contributed by atoms with Gasteiger partial charge in [0.2, 0.25) is 17.7 Å². The maximum absolute atomic E-state index is 13.2. The standard InChI is InChI=1S/C30H44N4O8/c1-6-42-30(40)32(5)25(35)15-9-10-16-31(4)27(37)22(19-21(2)3)20-26(36)34(41)18-12-11-17-33-28(38)23-13-7-8-14-24(23)29(33)39/h7-8,13-14,21-22,41H,6,9-12,15-20H2,1-5H3/t22-/m1/s1. The number of imide groups is 2. The highest BCUT2D eigenvalue weighted by Gasteiger charge is 2.34. The molecule has 0 aromatic heterocycles. The number of hydrogen-bond donors (Lipinski definition) is 1. The molecule has 1 aromatic carbocycles. The summed E-state index contributed by atoms with van der Waals surface area (Å²) in [5.74, 6) is -2.32. The van der Waals surface area contributed by atoms with Crippen molar-refractivity contribution < 1.29 is 38.7 Å². The first-order valence-electron chi connectivity index (χ1n) is 14.5. The van der Waals surface area contributed by atoms with Crippen molar-refractivity contribution in [1.82, 2.24) is 19.8 Å². The second kappa shape index (κ2) is 16.6. The summed E-state index contributed by atoms with van der Waals surface area (Å²) in [6, 6.07) is 6.64. The van der Waals surface area contributed by atoms with E-state index in [2.05, 4.69) is 0 Å². The number of nitrogens with zero attached hydrogens (tertiary/aromatic N) is 4. The van der Waals surface area contributed by atoms with Gasteiger partial charge in [-0.05, 0) is 57.1 Å². The summed E-state index contributed by atoms with van der Waals surface area (Å²) >= 11 is 0. The summed E-state index contributed by atoms with van der Waals surface area (Å²) in [6.07, 6.45) is 1.53. The van der Waals surface area contributed by atoms with Gasteiger partial charge >= 0.3 is 6.09 Å². The number of carbonyl (C=O) groups is 6. The van der Waals surface area contributed by atoms with Crippen LogP contribution in [0.4, 0.5) is 4.79 Å². The minimum atomic E-state index is -0.698. The lowest BCUT2D eigenvalue weighted by Crippen LogP contribution is -2.38. The van der Waals surface area contributed by atoms with E-state index in [1.165, 1.54) is 16.8 Å². The van der Waals surface area contributed by atoms with E-state index in [1.807, 2.05) is 13.8 Å². The van der Waals surface area contributed by atoms with Gasteiger partial charge in [-0.2, -0.15) is 0 Å². The molecule has 232 valence electrons. The van der Waals surface area contributed by atoms with Crippen molar-refractivity contribution in [3.05, 3.63) is 35.4 Å². The molecule has 0 bridgehead atoms. The number of fused-ring (bicyclic) bond motifs is 1. The lowest BCUT2D eigenvalue weighted by atomic mass is 9.92. The van der Waals surface area contributed by atoms with Crippen molar-refractivity contribution in [3.8, 4) is 0 Å². The molecule has 1 heterocycles. The molecule has 0 saturated heterocycles. The van der Waals surface area contributed by atoms with Gasteiger partial charge in [0.15, 0.2) is 0 Å². The summed E-state index contributed by atoms with van der Waals surface area (Å²) in [4.78, 5) is 78.3. The van der Waals surface area contributed by atoms with Crippen LogP contribution in [0.3, 0.4) is 0 Å². The Bertz CT molecular complexity index is 1100. The molecule has 0 unspecified atom stereocenters. The summed E-state index contributed by atoms with van der Waals surface area (Å²) in [5.41, 5.74) is 0.754. The first kappa shape index (κ1) is 34.4. The smallest absolute Gasteiger partial charge is 0.416 e. The Balaban J connectivity index is 1.78. The van der Waals surface area contributed by atoms with Crippen LogP contribution in [0.2, 0.25) is 0 Å². The average Bonchev–Trinajstić information content (AvgIpc) is 3.20. The number of unbranched alkanes of at least 4 members (excludes halogenated alkanes) is 2. The molecule has 1 N–H and O–H groups in total. The zero-order valence-corrected chi connectivity index (χ0v) is 25.3. The molecule has 2 rings (SSSR count). The molecule has 0 fully saturated rings. The van der Waals surface area contributed by atoms with Gasteiger partial charge in [0.1, 0.15) is 0 Å². The van der Waals surface area contributed by atoms with Gasteiger partial charge < -0.3 is 9.64 Å². The van der Waals surface area contributed by atoms with Gasteiger partial charge in [-0.3, -0.25) is 39.0 Å². The monoisotopic (exact) mass is 588 g/mol. The zero-order valence-electron chi connectivity index (χ0n) is 25.3. The third-order valence-electron chi connectivity index (χ3n) is 7.12. The van der Waals surface area contributed by atoms with E-state index in [0.717, 1.165) is 4.90 Å². The number of ether oxygens (including phenoxy) is 1. The van der Waals surface area contributed by atoms with Crippen LogP contribution in [-0.2, 0) is 19.1 Å². The summed E-state index contributed by atoms with van der Waals surface area (Å²) in [5, 5.41) is 11.0. The Kier molecular flexibility index (Phi) is 13.6. The average molecular weight is 589 g/mol. The van der Waals surface area contributed by atoms with Gasteiger partial charge in [-0.25, -0.2) is 9.86 Å². The first-order valence-corrected chi connectivity index (χ1v) is 14.5. The lowest BCUT2D eigenvalue weighted by Gasteiger charge is -2.26. The minimum absolute atomic E-state index is 0.00864. The van der Waals surface area contributed by atoms with Gasteiger partial charge in [-0.15, -0.1) is 0 Å². The van der Waals surface area contributed by atoms with Gasteiger partial charge in [0.05, 0.1) is 17.7 Å². The van der Waals surface area contributed by atoms with E-state index in [-0.39, 0.29) is 62.1 Å². The van der Waals surface area contributed by atoms with Crippen molar-refractivity contribution in [3.63, 3.8) is 0 Å². The van der Waals surface area contributed by atoms with Gasteiger partial charge in [-0.1, -0.05) is 26.0 Å². The fraction of sp³-hybridized carbons (Fsp3) is 0.600. The van der Waals surface area contributed by atoms with E-state index in [0.29, 0.717) is 54.8 Å². The second-order valence-electron chi connectivity index (χ2n) is 10.9. The van der Waals surface area contributed by atoms with Gasteiger partial charge in [0, 0.05) is 52.5 Å². The number of benzene rings is 1. The Hall–Kier alpha value is -3.80. The normalized spacial score (nSPS) is 13.2. The Labute approximate surface area is 247 Å². The van der Waals surface area contributed by atoms with E-state index < -0.39 is 17.9 Å². The van der Waals surface area contributed by atoms with Crippen molar-refractivity contribution in [2.75, 3.05) is 40.3 Å². The third-order valence-corrected chi connectivity index (χ3v) is 7.12. The predicted octanol–water partition coefficient (Wildman–Crippen LogP) is 3.58. The Morgan fingerprint density at radius 2 is 1.50 bits per heavy atom. The highest BCUT2D eigenvalue weighted by atomic mass is 16.6. The molecule has 0 spiro atoms. The molecule has 0 saturated carbocycles. The minimum Gasteiger partial charge on any atom is -0.449 e. The molecule has 1 aliphatic rings. The largest absolute Gasteiger partial charge is 0.449 e. The van der Waals surface area contributed by atoms with Crippen molar-refractivity contribution in [2.24, 2.45) is 11.8 Å². The fourth-order valence-electron chi connectivity index (χ4n) is 4.79. The highest BCUT2D eigenvalue weighted by Crippen LogP contribution is 2.23. The van der Waals surface area contributed by atoms with Crippen LogP contribution in [0.25, 0.3) is 0 Å². The molecule has 0 aliphatic carbocycles. The Morgan fingerprint density at radius 3 is 2.07 bits per heavy atom. The molecule has 1 aliphatic heterocycles. The molecule has 12 heteroatoms. The van der Waals surface area contributed by atoms with E-state index in [1.54, 1.807) is 38.2 Å². The fourth-order valence-corrected chi connectivity index (χ4v) is 4.79. The molecular weight excluding hydrogens is 544 g/mol.